The zero-order chi connectivity index (χ0) is 13.1. The molecule has 2 aromatic rings. The number of hydrogen-bond acceptors (Lipinski definition) is 4. The van der Waals surface area contributed by atoms with Gasteiger partial charge in [-0.25, -0.2) is 0 Å². The van der Waals surface area contributed by atoms with Gasteiger partial charge in [-0.1, -0.05) is 17.7 Å². The number of hydrogen-bond donors (Lipinski definition) is 1. The molecule has 1 aromatic heterocycles. The van der Waals surface area contributed by atoms with Gasteiger partial charge >= 0.3 is 0 Å². The average molecular weight is 283 g/mol. The van der Waals surface area contributed by atoms with Crippen LogP contribution >= 0.6 is 23.4 Å². The van der Waals surface area contributed by atoms with Gasteiger partial charge in [0.2, 0.25) is 0 Å². The molecule has 1 aromatic carbocycles. The van der Waals surface area contributed by atoms with Crippen molar-refractivity contribution in [2.45, 2.75) is 29.4 Å². The Bertz CT molecular complexity index is 539. The molecular formula is C12H15ClN4S. The highest BCUT2D eigenvalue weighted by atomic mass is 35.5. The van der Waals surface area contributed by atoms with Crippen LogP contribution in [0, 0.1) is 0 Å². The molecule has 2 N–H and O–H groups in total. The minimum atomic E-state index is 0.111. The van der Waals surface area contributed by atoms with E-state index in [1.54, 1.807) is 6.33 Å². The van der Waals surface area contributed by atoms with E-state index in [9.17, 15) is 0 Å². The van der Waals surface area contributed by atoms with Gasteiger partial charge in [0.05, 0.1) is 0 Å². The third-order valence-corrected chi connectivity index (χ3v) is 3.84. The van der Waals surface area contributed by atoms with Gasteiger partial charge in [-0.3, -0.25) is 0 Å². The summed E-state index contributed by atoms with van der Waals surface area (Å²) in [6, 6.07) is 6.10. The van der Waals surface area contributed by atoms with Gasteiger partial charge in [0, 0.05) is 23.0 Å². The van der Waals surface area contributed by atoms with E-state index >= 15 is 0 Å². The molecular weight excluding hydrogens is 268 g/mol. The molecule has 1 atom stereocenters. The van der Waals surface area contributed by atoms with Gasteiger partial charge in [-0.05, 0) is 42.8 Å². The van der Waals surface area contributed by atoms with E-state index in [1.165, 1.54) is 11.8 Å². The maximum absolute atomic E-state index is 6.24. The molecule has 0 aliphatic rings. The molecule has 2 rings (SSSR count). The van der Waals surface area contributed by atoms with E-state index in [1.807, 2.05) is 36.7 Å². The van der Waals surface area contributed by atoms with E-state index in [4.69, 9.17) is 17.3 Å². The quantitative estimate of drug-likeness (QED) is 0.936. The first-order chi connectivity index (χ1) is 8.56. The number of aromatic nitrogens is 3. The summed E-state index contributed by atoms with van der Waals surface area (Å²) in [7, 11) is 1.91. The van der Waals surface area contributed by atoms with Crippen LogP contribution in [0.25, 0.3) is 0 Å². The fourth-order valence-corrected chi connectivity index (χ4v) is 2.70. The molecule has 0 saturated carbocycles. The number of halogens is 1. The van der Waals surface area contributed by atoms with Crippen LogP contribution in [0.2, 0.25) is 5.02 Å². The second kappa shape index (κ2) is 5.73. The Balaban J connectivity index is 2.16. The summed E-state index contributed by atoms with van der Waals surface area (Å²) >= 11 is 7.78. The van der Waals surface area contributed by atoms with E-state index < -0.39 is 0 Å². The molecule has 0 amide bonds. The molecule has 0 fully saturated rings. The number of aryl methyl sites for hydroxylation is 1. The lowest BCUT2D eigenvalue weighted by molar-refractivity contribution is 0.738. The normalized spacial score (nSPS) is 12.7. The number of benzene rings is 1. The molecule has 0 aliphatic carbocycles. The maximum atomic E-state index is 6.24. The Labute approximate surface area is 116 Å². The summed E-state index contributed by atoms with van der Waals surface area (Å²) in [5.74, 6) is 0. The fourth-order valence-electron chi connectivity index (χ4n) is 1.57. The molecule has 0 saturated heterocycles. The van der Waals surface area contributed by atoms with Gasteiger partial charge < -0.3 is 10.3 Å². The van der Waals surface area contributed by atoms with Crippen LogP contribution in [0.15, 0.2) is 34.6 Å². The Morgan fingerprint density at radius 1 is 1.50 bits per heavy atom. The van der Waals surface area contributed by atoms with Crippen molar-refractivity contribution >= 4 is 23.4 Å². The third kappa shape index (κ3) is 3.25. The van der Waals surface area contributed by atoms with E-state index in [0.29, 0.717) is 0 Å². The molecule has 1 heterocycles. The lowest BCUT2D eigenvalue weighted by Gasteiger charge is -2.09. The summed E-state index contributed by atoms with van der Waals surface area (Å²) in [5.41, 5.74) is 6.85. The van der Waals surface area contributed by atoms with Crippen LogP contribution in [0.3, 0.4) is 0 Å². The average Bonchev–Trinajstić information content (AvgIpc) is 2.68. The Morgan fingerprint density at radius 3 is 2.83 bits per heavy atom. The minimum Gasteiger partial charge on any atom is -0.328 e. The van der Waals surface area contributed by atoms with Crippen molar-refractivity contribution in [3.05, 3.63) is 35.1 Å². The predicted molar refractivity (Wildman–Crippen MR) is 73.9 cm³/mol. The predicted octanol–water partition coefficient (Wildman–Crippen LogP) is 2.51. The van der Waals surface area contributed by atoms with Crippen molar-refractivity contribution < 1.29 is 0 Å². The molecule has 0 radical (unpaired) electrons. The standard InChI is InChI=1S/C12H15ClN4S/c1-8(14)5-9-3-4-10(6-11(9)13)18-12-16-15-7-17(12)2/h3-4,6-8H,5,14H2,1-2H3. The van der Waals surface area contributed by atoms with Crippen molar-refractivity contribution in [1.82, 2.24) is 14.8 Å². The van der Waals surface area contributed by atoms with Crippen molar-refractivity contribution in [3.8, 4) is 0 Å². The first kappa shape index (κ1) is 13.4. The fraction of sp³-hybridized carbons (Fsp3) is 0.333. The van der Waals surface area contributed by atoms with Gasteiger partial charge in [0.15, 0.2) is 5.16 Å². The molecule has 0 spiro atoms. The lowest BCUT2D eigenvalue weighted by Crippen LogP contribution is -2.17. The van der Waals surface area contributed by atoms with Crippen molar-refractivity contribution in [1.29, 1.82) is 0 Å². The van der Waals surface area contributed by atoms with Gasteiger partial charge in [-0.2, -0.15) is 0 Å². The monoisotopic (exact) mass is 282 g/mol. The van der Waals surface area contributed by atoms with Crippen LogP contribution in [0.1, 0.15) is 12.5 Å². The summed E-state index contributed by atoms with van der Waals surface area (Å²) in [5, 5.41) is 9.45. The summed E-state index contributed by atoms with van der Waals surface area (Å²) in [6.45, 7) is 1.97. The van der Waals surface area contributed by atoms with Crippen LogP contribution in [-0.4, -0.2) is 20.8 Å². The van der Waals surface area contributed by atoms with Crippen molar-refractivity contribution in [3.63, 3.8) is 0 Å². The van der Waals surface area contributed by atoms with Gasteiger partial charge in [0.1, 0.15) is 6.33 Å². The highest BCUT2D eigenvalue weighted by molar-refractivity contribution is 7.99. The van der Waals surface area contributed by atoms with Gasteiger partial charge in [0.25, 0.3) is 0 Å². The number of rotatable bonds is 4. The van der Waals surface area contributed by atoms with Crippen LogP contribution < -0.4 is 5.73 Å². The Morgan fingerprint density at radius 2 is 2.28 bits per heavy atom. The zero-order valence-corrected chi connectivity index (χ0v) is 11.9. The molecule has 1 unspecified atom stereocenters. The molecule has 96 valence electrons. The van der Waals surface area contributed by atoms with Gasteiger partial charge in [-0.15, -0.1) is 10.2 Å². The second-order valence-electron chi connectivity index (χ2n) is 4.26. The van der Waals surface area contributed by atoms with Crippen LogP contribution in [-0.2, 0) is 13.5 Å². The highest BCUT2D eigenvalue weighted by Crippen LogP contribution is 2.29. The SMILES string of the molecule is CC(N)Cc1ccc(Sc2nncn2C)cc1Cl. The molecule has 6 heteroatoms. The van der Waals surface area contributed by atoms with E-state index in [2.05, 4.69) is 10.2 Å². The van der Waals surface area contributed by atoms with E-state index in [0.717, 1.165) is 27.1 Å². The lowest BCUT2D eigenvalue weighted by atomic mass is 10.1. The summed E-state index contributed by atoms with van der Waals surface area (Å²) in [4.78, 5) is 1.05. The summed E-state index contributed by atoms with van der Waals surface area (Å²) < 4.78 is 1.87. The van der Waals surface area contributed by atoms with Crippen molar-refractivity contribution in [2.24, 2.45) is 12.8 Å². The first-order valence-corrected chi connectivity index (χ1v) is 6.81. The van der Waals surface area contributed by atoms with Crippen molar-refractivity contribution in [2.75, 3.05) is 0 Å². The molecule has 0 aliphatic heterocycles. The topological polar surface area (TPSA) is 56.7 Å². The number of nitrogens with zero attached hydrogens (tertiary/aromatic N) is 3. The molecule has 18 heavy (non-hydrogen) atoms. The highest BCUT2D eigenvalue weighted by Gasteiger charge is 2.08. The third-order valence-electron chi connectivity index (χ3n) is 2.45. The zero-order valence-electron chi connectivity index (χ0n) is 10.3. The maximum Gasteiger partial charge on any atom is 0.195 e. The minimum absolute atomic E-state index is 0.111. The smallest absolute Gasteiger partial charge is 0.195 e. The van der Waals surface area contributed by atoms with E-state index in [-0.39, 0.29) is 6.04 Å². The van der Waals surface area contributed by atoms with Crippen LogP contribution in [0.4, 0.5) is 0 Å². The second-order valence-corrected chi connectivity index (χ2v) is 5.71. The number of nitrogens with two attached hydrogens (primary N) is 1. The molecule has 0 bridgehead atoms. The van der Waals surface area contributed by atoms with Crippen LogP contribution in [0.5, 0.6) is 0 Å². The summed E-state index contributed by atoms with van der Waals surface area (Å²) in [6.07, 6.45) is 2.46. The Hall–Kier alpha value is -1.04. The largest absolute Gasteiger partial charge is 0.328 e. The first-order valence-electron chi connectivity index (χ1n) is 5.62. The molecule has 4 nitrogen and oxygen atoms in total. The Kier molecular flexibility index (Phi) is 4.27.